The largest absolute Gasteiger partial charge is 0.466 e. The van der Waals surface area contributed by atoms with E-state index in [1.807, 2.05) is 25.8 Å². The van der Waals surface area contributed by atoms with Crippen molar-refractivity contribution in [1.29, 1.82) is 0 Å². The van der Waals surface area contributed by atoms with Crippen LogP contribution < -0.4 is 11.3 Å². The summed E-state index contributed by atoms with van der Waals surface area (Å²) in [6.07, 6.45) is 0.872. The number of furan rings is 1. The van der Waals surface area contributed by atoms with Gasteiger partial charge in [-0.1, -0.05) is 0 Å². The summed E-state index contributed by atoms with van der Waals surface area (Å²) in [6.45, 7) is 5.48. The van der Waals surface area contributed by atoms with E-state index in [0.29, 0.717) is 36.7 Å². The number of nitrogens with one attached hydrogen (secondary N) is 1. The molecule has 1 atom stereocenters. The van der Waals surface area contributed by atoms with Gasteiger partial charge in [-0.25, -0.2) is 4.98 Å². The molecule has 0 unspecified atom stereocenters. The number of nitrogens with two attached hydrogens (primary N) is 1. The number of likely N-dealkylation sites (N-methyl/N-ethyl adjacent to an activating group) is 1. The second kappa shape index (κ2) is 6.72. The number of hydrogen-bond acceptors (Lipinski definition) is 6. The molecule has 1 aliphatic heterocycles. The molecule has 134 valence electrons. The van der Waals surface area contributed by atoms with E-state index >= 15 is 0 Å². The first-order valence-corrected chi connectivity index (χ1v) is 8.25. The van der Waals surface area contributed by atoms with Crippen LogP contribution in [0.2, 0.25) is 0 Å². The van der Waals surface area contributed by atoms with E-state index in [-0.39, 0.29) is 23.5 Å². The third kappa shape index (κ3) is 3.74. The van der Waals surface area contributed by atoms with Crippen LogP contribution in [-0.2, 0) is 6.54 Å². The summed E-state index contributed by atoms with van der Waals surface area (Å²) in [4.78, 5) is 34.7. The first kappa shape index (κ1) is 17.2. The predicted molar refractivity (Wildman–Crippen MR) is 93.2 cm³/mol. The molecule has 0 aromatic carbocycles. The van der Waals surface area contributed by atoms with Crippen molar-refractivity contribution in [3.63, 3.8) is 0 Å². The van der Waals surface area contributed by atoms with Crippen LogP contribution in [0, 0.1) is 13.8 Å². The van der Waals surface area contributed by atoms with Crippen molar-refractivity contribution in [1.82, 2.24) is 19.8 Å². The monoisotopic (exact) mass is 345 g/mol. The predicted octanol–water partition coefficient (Wildman–Crippen LogP) is 0.908. The zero-order valence-electron chi connectivity index (χ0n) is 14.7. The Bertz CT molecular complexity index is 841. The molecular weight excluding hydrogens is 322 g/mol. The molecule has 8 nitrogen and oxygen atoms in total. The summed E-state index contributed by atoms with van der Waals surface area (Å²) in [5.74, 6) is 1.52. The lowest BCUT2D eigenvalue weighted by Crippen LogP contribution is -2.36. The van der Waals surface area contributed by atoms with Gasteiger partial charge in [0.1, 0.15) is 11.5 Å². The van der Waals surface area contributed by atoms with Gasteiger partial charge in [0.15, 0.2) is 0 Å². The van der Waals surface area contributed by atoms with Crippen molar-refractivity contribution in [3.8, 4) is 0 Å². The minimum absolute atomic E-state index is 0.00350. The zero-order chi connectivity index (χ0) is 18.1. The molecule has 3 N–H and O–H groups in total. The van der Waals surface area contributed by atoms with Gasteiger partial charge in [0.2, 0.25) is 5.95 Å². The smallest absolute Gasteiger partial charge is 0.257 e. The topological polar surface area (TPSA) is 108 Å². The number of anilines is 1. The van der Waals surface area contributed by atoms with E-state index in [9.17, 15) is 9.59 Å². The van der Waals surface area contributed by atoms with Crippen molar-refractivity contribution in [2.24, 2.45) is 0 Å². The lowest BCUT2D eigenvalue weighted by Gasteiger charge is -2.24. The Hall–Kier alpha value is -2.61. The standard InChI is InChI=1S/C17H23N5O3/c1-10-6-14(11(2)25-10)16(24)22-5-4-13(9-22)21(3)8-12-7-15(23)20-17(18)19-12/h6-7,13H,4-5,8-9H2,1-3H3,(H3,18,19,20,23)/t13-/m1/s1. The minimum Gasteiger partial charge on any atom is -0.466 e. The van der Waals surface area contributed by atoms with E-state index in [4.69, 9.17) is 10.2 Å². The van der Waals surface area contributed by atoms with Gasteiger partial charge in [-0.05, 0) is 33.4 Å². The highest BCUT2D eigenvalue weighted by molar-refractivity contribution is 5.95. The lowest BCUT2D eigenvalue weighted by molar-refractivity contribution is 0.0777. The maximum Gasteiger partial charge on any atom is 0.257 e. The number of carbonyl (C=O) groups excluding carboxylic acids is 1. The highest BCUT2D eigenvalue weighted by atomic mass is 16.3. The fourth-order valence-corrected chi connectivity index (χ4v) is 3.29. The van der Waals surface area contributed by atoms with Crippen LogP contribution in [0.15, 0.2) is 21.3 Å². The van der Waals surface area contributed by atoms with Gasteiger partial charge in [-0.15, -0.1) is 0 Å². The summed E-state index contributed by atoms with van der Waals surface area (Å²) in [5, 5.41) is 0. The van der Waals surface area contributed by atoms with E-state index in [2.05, 4.69) is 14.9 Å². The molecule has 1 saturated heterocycles. The Morgan fingerprint density at radius 2 is 2.24 bits per heavy atom. The zero-order valence-corrected chi connectivity index (χ0v) is 14.7. The molecule has 1 aliphatic rings. The summed E-state index contributed by atoms with van der Waals surface area (Å²) >= 11 is 0. The Morgan fingerprint density at radius 3 is 2.88 bits per heavy atom. The average molecular weight is 345 g/mol. The maximum atomic E-state index is 12.7. The summed E-state index contributed by atoms with van der Waals surface area (Å²) in [5.41, 5.74) is 6.57. The fraction of sp³-hybridized carbons (Fsp3) is 0.471. The van der Waals surface area contributed by atoms with Crippen molar-refractivity contribution < 1.29 is 9.21 Å². The van der Waals surface area contributed by atoms with E-state index in [1.165, 1.54) is 6.07 Å². The Kier molecular flexibility index (Phi) is 4.63. The molecule has 0 saturated carbocycles. The molecule has 0 spiro atoms. The molecule has 1 amide bonds. The third-order valence-electron chi connectivity index (χ3n) is 4.57. The quantitative estimate of drug-likeness (QED) is 0.852. The van der Waals surface area contributed by atoms with Crippen LogP contribution in [0.4, 0.5) is 5.95 Å². The maximum absolute atomic E-state index is 12.7. The van der Waals surface area contributed by atoms with Crippen LogP contribution in [0.3, 0.4) is 0 Å². The third-order valence-corrected chi connectivity index (χ3v) is 4.57. The van der Waals surface area contributed by atoms with Gasteiger partial charge in [0.05, 0.1) is 11.3 Å². The van der Waals surface area contributed by atoms with Crippen molar-refractivity contribution in [2.45, 2.75) is 32.9 Å². The molecule has 0 radical (unpaired) electrons. The number of hydrogen-bond donors (Lipinski definition) is 2. The SMILES string of the molecule is Cc1cc(C(=O)N2CC[C@@H](N(C)Cc3cc(=O)[nH]c(N)n3)C2)c(C)o1. The second-order valence-electron chi connectivity index (χ2n) is 6.56. The molecule has 2 aromatic rings. The molecule has 1 fully saturated rings. The molecule has 0 aliphatic carbocycles. The lowest BCUT2D eigenvalue weighted by atomic mass is 10.2. The highest BCUT2D eigenvalue weighted by Crippen LogP contribution is 2.21. The van der Waals surface area contributed by atoms with Crippen LogP contribution in [0.1, 0.15) is 34.0 Å². The van der Waals surface area contributed by atoms with Gasteiger partial charge in [-0.2, -0.15) is 0 Å². The number of carbonyl (C=O) groups is 1. The first-order valence-electron chi connectivity index (χ1n) is 8.25. The number of nitrogen functional groups attached to an aromatic ring is 1. The molecule has 0 bridgehead atoms. The number of nitrogens with zero attached hydrogens (tertiary/aromatic N) is 3. The minimum atomic E-state index is -0.259. The highest BCUT2D eigenvalue weighted by Gasteiger charge is 2.31. The van der Waals surface area contributed by atoms with Gasteiger partial charge in [0.25, 0.3) is 11.5 Å². The number of aromatic nitrogens is 2. The van der Waals surface area contributed by atoms with Gasteiger partial charge in [-0.3, -0.25) is 19.5 Å². The molecule has 2 aromatic heterocycles. The molecule has 3 rings (SSSR count). The number of rotatable bonds is 4. The fourth-order valence-electron chi connectivity index (χ4n) is 3.29. The number of aryl methyl sites for hydroxylation is 2. The normalized spacial score (nSPS) is 17.4. The van der Waals surface area contributed by atoms with Crippen LogP contribution in [0.25, 0.3) is 0 Å². The van der Waals surface area contributed by atoms with Gasteiger partial charge >= 0.3 is 0 Å². The van der Waals surface area contributed by atoms with Crippen LogP contribution in [0.5, 0.6) is 0 Å². The molecule has 8 heteroatoms. The summed E-state index contributed by atoms with van der Waals surface area (Å²) < 4.78 is 5.46. The molecule has 3 heterocycles. The van der Waals surface area contributed by atoms with E-state index in [1.54, 1.807) is 6.07 Å². The first-order chi connectivity index (χ1) is 11.8. The number of H-pyrrole nitrogens is 1. The van der Waals surface area contributed by atoms with Gasteiger partial charge < -0.3 is 15.1 Å². The number of amides is 1. The van der Waals surface area contributed by atoms with E-state index in [0.717, 1.165) is 12.2 Å². The Labute approximate surface area is 145 Å². The summed E-state index contributed by atoms with van der Waals surface area (Å²) in [7, 11) is 1.96. The number of aromatic amines is 1. The van der Waals surface area contributed by atoms with Crippen molar-refractivity contribution >= 4 is 11.9 Å². The average Bonchev–Trinajstić information content (AvgIpc) is 3.12. The van der Waals surface area contributed by atoms with E-state index < -0.39 is 0 Å². The number of likely N-dealkylation sites (tertiary alicyclic amines) is 1. The van der Waals surface area contributed by atoms with Crippen LogP contribution >= 0.6 is 0 Å². The van der Waals surface area contributed by atoms with Crippen LogP contribution in [-0.4, -0.2) is 51.9 Å². The van der Waals surface area contributed by atoms with Crippen molar-refractivity contribution in [2.75, 3.05) is 25.9 Å². The summed E-state index contributed by atoms with van der Waals surface area (Å²) in [6, 6.07) is 3.44. The Balaban J connectivity index is 1.64. The van der Waals surface area contributed by atoms with Gasteiger partial charge in [0, 0.05) is 31.7 Å². The second-order valence-corrected chi connectivity index (χ2v) is 6.56. The Morgan fingerprint density at radius 1 is 1.48 bits per heavy atom. The molecular formula is C17H23N5O3. The van der Waals surface area contributed by atoms with Crippen molar-refractivity contribution in [3.05, 3.63) is 45.3 Å². The molecule has 25 heavy (non-hydrogen) atoms.